The van der Waals surface area contributed by atoms with Gasteiger partial charge in [0, 0.05) is 24.1 Å². The highest BCUT2D eigenvalue weighted by Gasteiger charge is 2.09. The van der Waals surface area contributed by atoms with Gasteiger partial charge in [0.15, 0.2) is 5.82 Å². The number of aromatic amines is 1. The molecule has 0 saturated carbocycles. The number of carbonyl (C=O) groups excluding carboxylic acids is 2. The number of aromatic nitrogens is 4. The fourth-order valence-electron chi connectivity index (χ4n) is 2.80. The van der Waals surface area contributed by atoms with Gasteiger partial charge in [-0.05, 0) is 47.5 Å². The molecule has 0 aliphatic rings. The number of hydrogen-bond acceptors (Lipinski definition) is 6. The van der Waals surface area contributed by atoms with E-state index in [0.29, 0.717) is 35.7 Å². The van der Waals surface area contributed by atoms with Crippen LogP contribution in [0.2, 0.25) is 0 Å². The first-order chi connectivity index (χ1) is 14.1. The number of benzene rings is 2. The summed E-state index contributed by atoms with van der Waals surface area (Å²) in [5.74, 6) is 0.289. The van der Waals surface area contributed by atoms with Gasteiger partial charge in [0.1, 0.15) is 0 Å². The number of amides is 2. The van der Waals surface area contributed by atoms with Crippen LogP contribution < -0.4 is 16.4 Å². The first-order valence-corrected chi connectivity index (χ1v) is 9.40. The summed E-state index contributed by atoms with van der Waals surface area (Å²) in [4.78, 5) is 24.3. The summed E-state index contributed by atoms with van der Waals surface area (Å²) in [6.07, 6.45) is 2.78. The number of tetrazole rings is 1. The first kappa shape index (κ1) is 20.0. The van der Waals surface area contributed by atoms with Crippen molar-refractivity contribution in [3.63, 3.8) is 0 Å². The molecule has 0 unspecified atom stereocenters. The summed E-state index contributed by atoms with van der Waals surface area (Å²) in [6.45, 7) is 0.542. The smallest absolute Gasteiger partial charge is 0.251 e. The summed E-state index contributed by atoms with van der Waals surface area (Å²) >= 11 is 0. The minimum absolute atomic E-state index is 0.0642. The van der Waals surface area contributed by atoms with E-state index in [9.17, 15) is 9.59 Å². The number of hydrogen-bond donors (Lipinski definition) is 4. The van der Waals surface area contributed by atoms with Gasteiger partial charge < -0.3 is 16.4 Å². The third-order valence-electron chi connectivity index (χ3n) is 4.34. The Kier molecular flexibility index (Phi) is 6.88. The predicted molar refractivity (Wildman–Crippen MR) is 110 cm³/mol. The molecule has 0 radical (unpaired) electrons. The lowest BCUT2D eigenvalue weighted by atomic mass is 10.1. The van der Waals surface area contributed by atoms with Gasteiger partial charge in [-0.1, -0.05) is 30.7 Å². The Balaban J connectivity index is 1.34. The molecule has 3 rings (SSSR count). The van der Waals surface area contributed by atoms with E-state index in [-0.39, 0.29) is 11.8 Å². The third kappa shape index (κ3) is 5.86. The standard InChI is InChI=1S/C20H23N7O2/c21-16-9-3-4-10-17(16)23-18(28)11-2-1-5-12-22-20(29)15-8-6-7-14(13-15)19-24-26-27-25-19/h3-4,6-10,13H,1-2,5,11-12,21H2,(H,22,29)(H,23,28)(H,24,25,26,27). The molecule has 0 aliphatic carbocycles. The number of para-hydroxylation sites is 2. The van der Waals surface area contributed by atoms with Gasteiger partial charge in [-0.2, -0.15) is 0 Å². The summed E-state index contributed by atoms with van der Waals surface area (Å²) in [7, 11) is 0. The number of nitrogens with two attached hydrogens (primary N) is 1. The van der Waals surface area contributed by atoms with Gasteiger partial charge in [-0.3, -0.25) is 9.59 Å². The summed E-state index contributed by atoms with van der Waals surface area (Å²) in [5, 5.41) is 19.3. The van der Waals surface area contributed by atoms with Crippen molar-refractivity contribution in [2.75, 3.05) is 17.6 Å². The quantitative estimate of drug-likeness (QED) is 0.325. The highest BCUT2D eigenvalue weighted by Crippen LogP contribution is 2.17. The number of nitrogens with one attached hydrogen (secondary N) is 3. The van der Waals surface area contributed by atoms with Crippen LogP contribution in [0, 0.1) is 0 Å². The molecule has 2 amide bonds. The van der Waals surface area contributed by atoms with Gasteiger partial charge in [0.05, 0.1) is 11.4 Å². The van der Waals surface area contributed by atoms with Gasteiger partial charge in [0.25, 0.3) is 5.91 Å². The van der Waals surface area contributed by atoms with Crippen molar-refractivity contribution in [1.29, 1.82) is 0 Å². The van der Waals surface area contributed by atoms with Crippen LogP contribution in [0.3, 0.4) is 0 Å². The lowest BCUT2D eigenvalue weighted by Crippen LogP contribution is -2.24. The van der Waals surface area contributed by atoms with Crippen LogP contribution in [-0.2, 0) is 4.79 Å². The zero-order chi connectivity index (χ0) is 20.5. The molecular weight excluding hydrogens is 370 g/mol. The maximum atomic E-state index is 12.3. The molecule has 1 aromatic heterocycles. The average molecular weight is 393 g/mol. The molecule has 0 aliphatic heterocycles. The molecule has 0 spiro atoms. The second-order valence-electron chi connectivity index (χ2n) is 6.53. The van der Waals surface area contributed by atoms with Gasteiger partial charge in [-0.15, -0.1) is 5.10 Å². The van der Waals surface area contributed by atoms with Crippen molar-refractivity contribution in [2.24, 2.45) is 0 Å². The van der Waals surface area contributed by atoms with E-state index in [0.717, 1.165) is 24.8 Å². The van der Waals surface area contributed by atoms with E-state index in [1.165, 1.54) is 0 Å². The van der Waals surface area contributed by atoms with Crippen molar-refractivity contribution in [1.82, 2.24) is 25.9 Å². The average Bonchev–Trinajstić information content (AvgIpc) is 3.27. The minimum atomic E-state index is -0.156. The monoisotopic (exact) mass is 393 g/mol. The normalized spacial score (nSPS) is 10.5. The highest BCUT2D eigenvalue weighted by molar-refractivity contribution is 5.95. The third-order valence-corrected chi connectivity index (χ3v) is 4.34. The molecule has 5 N–H and O–H groups in total. The van der Waals surface area contributed by atoms with Crippen molar-refractivity contribution >= 4 is 23.2 Å². The van der Waals surface area contributed by atoms with Gasteiger partial charge >= 0.3 is 0 Å². The lowest BCUT2D eigenvalue weighted by Gasteiger charge is -2.08. The number of H-pyrrole nitrogens is 1. The Hall–Kier alpha value is -3.75. The number of nitrogens with zero attached hydrogens (tertiary/aromatic N) is 3. The summed E-state index contributed by atoms with van der Waals surface area (Å²) in [6, 6.07) is 14.2. The van der Waals surface area contributed by atoms with Gasteiger partial charge in [-0.25, -0.2) is 5.10 Å². The van der Waals surface area contributed by atoms with E-state index in [2.05, 4.69) is 31.3 Å². The Labute approximate surface area is 168 Å². The van der Waals surface area contributed by atoms with Crippen LogP contribution in [0.5, 0.6) is 0 Å². The Morgan fingerprint density at radius 1 is 1.03 bits per heavy atom. The van der Waals surface area contributed by atoms with E-state index < -0.39 is 0 Å². The van der Waals surface area contributed by atoms with Crippen molar-refractivity contribution in [3.05, 3.63) is 54.1 Å². The summed E-state index contributed by atoms with van der Waals surface area (Å²) in [5.41, 5.74) is 8.27. The zero-order valence-electron chi connectivity index (χ0n) is 15.9. The fourth-order valence-corrected chi connectivity index (χ4v) is 2.80. The Morgan fingerprint density at radius 3 is 2.69 bits per heavy atom. The Morgan fingerprint density at radius 2 is 1.90 bits per heavy atom. The van der Waals surface area contributed by atoms with E-state index in [1.54, 1.807) is 30.3 Å². The van der Waals surface area contributed by atoms with E-state index in [4.69, 9.17) is 5.73 Å². The number of rotatable bonds is 9. The highest BCUT2D eigenvalue weighted by atomic mass is 16.2. The molecule has 0 atom stereocenters. The number of carbonyl (C=O) groups is 2. The van der Waals surface area contributed by atoms with Crippen molar-refractivity contribution in [2.45, 2.75) is 25.7 Å². The fraction of sp³-hybridized carbons (Fsp3) is 0.250. The summed E-state index contributed by atoms with van der Waals surface area (Å²) < 4.78 is 0. The molecule has 0 fully saturated rings. The topological polar surface area (TPSA) is 139 Å². The van der Waals surface area contributed by atoms with Crippen molar-refractivity contribution < 1.29 is 9.59 Å². The molecule has 3 aromatic rings. The second kappa shape index (κ2) is 9.98. The van der Waals surface area contributed by atoms with E-state index in [1.807, 2.05) is 18.2 Å². The maximum Gasteiger partial charge on any atom is 0.251 e. The molecule has 0 bridgehead atoms. The second-order valence-corrected chi connectivity index (χ2v) is 6.53. The predicted octanol–water partition coefficient (Wildman–Crippen LogP) is 2.38. The minimum Gasteiger partial charge on any atom is -0.397 e. The first-order valence-electron chi connectivity index (χ1n) is 9.40. The Bertz CT molecular complexity index is 957. The molecule has 0 saturated heterocycles. The van der Waals surface area contributed by atoms with Crippen LogP contribution >= 0.6 is 0 Å². The van der Waals surface area contributed by atoms with E-state index >= 15 is 0 Å². The molecule has 150 valence electrons. The van der Waals surface area contributed by atoms with Crippen LogP contribution in [0.25, 0.3) is 11.4 Å². The molecule has 2 aromatic carbocycles. The van der Waals surface area contributed by atoms with Crippen LogP contribution in [-0.4, -0.2) is 39.0 Å². The van der Waals surface area contributed by atoms with Crippen LogP contribution in [0.1, 0.15) is 36.0 Å². The maximum absolute atomic E-state index is 12.3. The molecule has 29 heavy (non-hydrogen) atoms. The van der Waals surface area contributed by atoms with Crippen molar-refractivity contribution in [3.8, 4) is 11.4 Å². The van der Waals surface area contributed by atoms with Crippen LogP contribution in [0.4, 0.5) is 11.4 Å². The number of anilines is 2. The SMILES string of the molecule is Nc1ccccc1NC(=O)CCCCCNC(=O)c1cccc(-c2nnn[nH]2)c1. The number of nitrogen functional groups attached to an aromatic ring is 1. The van der Waals surface area contributed by atoms with Crippen LogP contribution in [0.15, 0.2) is 48.5 Å². The molecule has 9 nitrogen and oxygen atoms in total. The lowest BCUT2D eigenvalue weighted by molar-refractivity contribution is -0.116. The molecule has 9 heteroatoms. The largest absolute Gasteiger partial charge is 0.397 e. The zero-order valence-corrected chi connectivity index (χ0v) is 15.9. The molecule has 1 heterocycles. The van der Waals surface area contributed by atoms with Gasteiger partial charge in [0.2, 0.25) is 5.91 Å². The number of unbranched alkanes of at least 4 members (excludes halogenated alkanes) is 2. The molecular formula is C20H23N7O2.